The molecule has 0 aliphatic carbocycles. The number of amides is 2. The summed E-state index contributed by atoms with van der Waals surface area (Å²) in [5.74, 6) is -0.0229. The van der Waals surface area contributed by atoms with Gasteiger partial charge in [-0.15, -0.1) is 0 Å². The lowest BCUT2D eigenvalue weighted by atomic mass is 9.75. The van der Waals surface area contributed by atoms with E-state index in [0.29, 0.717) is 32.8 Å². The first-order valence-corrected chi connectivity index (χ1v) is 10.7. The second-order valence-corrected chi connectivity index (χ2v) is 7.75. The Bertz CT molecular complexity index is 921. The largest absolute Gasteiger partial charge is 0.445 e. The van der Waals surface area contributed by atoms with Crippen LogP contribution in [0.1, 0.15) is 25.0 Å². The lowest BCUT2D eigenvalue weighted by Crippen LogP contribution is -2.65. The number of hydrogen-bond donors (Lipinski definition) is 0. The highest BCUT2D eigenvalue weighted by Crippen LogP contribution is 2.47. The maximum Gasteiger partial charge on any atom is 0.410 e. The maximum atomic E-state index is 13.5. The number of rotatable bonds is 8. The fourth-order valence-electron chi connectivity index (χ4n) is 4.30. The van der Waals surface area contributed by atoms with Gasteiger partial charge in [0.25, 0.3) is 0 Å². The van der Waals surface area contributed by atoms with Crippen LogP contribution in [-0.2, 0) is 31.0 Å². The Labute approximate surface area is 182 Å². The summed E-state index contributed by atoms with van der Waals surface area (Å²) in [5.41, 5.74) is 2.00. The topological polar surface area (TPSA) is 68.3 Å². The zero-order valence-corrected chi connectivity index (χ0v) is 18.0. The summed E-state index contributed by atoms with van der Waals surface area (Å²) in [6, 6.07) is 17.3. The highest BCUT2D eigenvalue weighted by molar-refractivity contribution is 6.10. The number of likely N-dealkylation sites (tertiary alicyclic amines) is 1. The third kappa shape index (κ3) is 4.03. The van der Waals surface area contributed by atoms with E-state index in [0.717, 1.165) is 16.8 Å². The Kier molecular flexibility index (Phi) is 6.25. The molecular weight excluding hydrogens is 396 g/mol. The molecule has 7 nitrogen and oxygen atoms in total. The first kappa shape index (κ1) is 21.3. The maximum absolute atomic E-state index is 13.5. The molecule has 0 bridgehead atoms. The molecule has 7 heteroatoms. The van der Waals surface area contributed by atoms with E-state index in [4.69, 9.17) is 14.2 Å². The number of fused-ring (bicyclic) bond motifs is 2. The molecule has 2 aromatic rings. The zero-order chi connectivity index (χ0) is 21.8. The van der Waals surface area contributed by atoms with Crippen LogP contribution in [0.5, 0.6) is 0 Å². The van der Waals surface area contributed by atoms with Gasteiger partial charge in [-0.2, -0.15) is 0 Å². The normalized spacial score (nSPS) is 16.5. The van der Waals surface area contributed by atoms with Gasteiger partial charge in [0.15, 0.2) is 6.29 Å². The van der Waals surface area contributed by atoms with E-state index >= 15 is 0 Å². The van der Waals surface area contributed by atoms with E-state index in [2.05, 4.69) is 0 Å². The molecule has 0 saturated carbocycles. The summed E-state index contributed by atoms with van der Waals surface area (Å²) in [7, 11) is 0. The minimum absolute atomic E-state index is 0.0229. The number of para-hydroxylation sites is 1. The van der Waals surface area contributed by atoms with Crippen molar-refractivity contribution in [3.8, 4) is 0 Å². The number of nitrogens with zero attached hydrogens (tertiary/aromatic N) is 2. The van der Waals surface area contributed by atoms with Gasteiger partial charge >= 0.3 is 6.09 Å². The standard InChI is InChI=1S/C24H28N2O5/c1-3-29-21(30-4-2)14-26-20-13-9-8-12-19(20)24(22(26)27)16-25(17-24)23(28)31-15-18-10-6-5-7-11-18/h5-13,21H,3-4,14-17H2,1-2H3. The van der Waals surface area contributed by atoms with Crippen LogP contribution >= 0.6 is 0 Å². The average molecular weight is 424 g/mol. The predicted octanol–water partition coefficient (Wildman–Crippen LogP) is 3.32. The van der Waals surface area contributed by atoms with Crippen molar-refractivity contribution in [1.82, 2.24) is 4.90 Å². The van der Waals surface area contributed by atoms with Gasteiger partial charge in [0.2, 0.25) is 5.91 Å². The van der Waals surface area contributed by atoms with Crippen molar-refractivity contribution in [2.75, 3.05) is 37.7 Å². The van der Waals surface area contributed by atoms with Crippen molar-refractivity contribution < 1.29 is 23.8 Å². The molecule has 31 heavy (non-hydrogen) atoms. The summed E-state index contributed by atoms with van der Waals surface area (Å²) in [5, 5.41) is 0. The SMILES string of the molecule is CCOC(CN1C(=O)C2(CN(C(=O)OCc3ccccc3)C2)c2ccccc21)OCC. The minimum Gasteiger partial charge on any atom is -0.445 e. The van der Waals surface area contributed by atoms with Gasteiger partial charge in [-0.05, 0) is 31.0 Å². The first-order chi connectivity index (χ1) is 15.1. The van der Waals surface area contributed by atoms with E-state index < -0.39 is 17.8 Å². The lowest BCUT2D eigenvalue weighted by molar-refractivity contribution is -0.139. The molecule has 1 saturated heterocycles. The van der Waals surface area contributed by atoms with Gasteiger partial charge in [-0.1, -0.05) is 48.5 Å². The molecule has 0 radical (unpaired) electrons. The molecule has 4 rings (SSSR count). The smallest absolute Gasteiger partial charge is 0.410 e. The summed E-state index contributed by atoms with van der Waals surface area (Å²) in [6.07, 6.45) is -0.895. The molecule has 0 aromatic heterocycles. The first-order valence-electron chi connectivity index (χ1n) is 10.7. The van der Waals surface area contributed by atoms with Gasteiger partial charge < -0.3 is 24.0 Å². The van der Waals surface area contributed by atoms with Crippen LogP contribution in [0.3, 0.4) is 0 Å². The van der Waals surface area contributed by atoms with Crippen LogP contribution in [0.15, 0.2) is 54.6 Å². The summed E-state index contributed by atoms with van der Waals surface area (Å²) >= 11 is 0. The third-order valence-electron chi connectivity index (χ3n) is 5.79. The van der Waals surface area contributed by atoms with Crippen LogP contribution in [0.2, 0.25) is 0 Å². The van der Waals surface area contributed by atoms with E-state index in [1.54, 1.807) is 9.80 Å². The molecule has 0 unspecified atom stereocenters. The van der Waals surface area contributed by atoms with E-state index in [9.17, 15) is 9.59 Å². The molecule has 2 aromatic carbocycles. The molecule has 2 heterocycles. The van der Waals surface area contributed by atoms with Crippen LogP contribution in [-0.4, -0.2) is 56.0 Å². The second-order valence-electron chi connectivity index (χ2n) is 7.75. The Morgan fingerprint density at radius 1 is 1.00 bits per heavy atom. The van der Waals surface area contributed by atoms with Crippen molar-refractivity contribution >= 4 is 17.7 Å². The Morgan fingerprint density at radius 3 is 2.32 bits per heavy atom. The Hall–Kier alpha value is -2.90. The van der Waals surface area contributed by atoms with E-state index in [-0.39, 0.29) is 12.5 Å². The molecule has 1 fully saturated rings. The summed E-state index contributed by atoms with van der Waals surface area (Å²) in [6.45, 7) is 5.95. The van der Waals surface area contributed by atoms with Crippen molar-refractivity contribution in [3.63, 3.8) is 0 Å². The number of hydrogen-bond acceptors (Lipinski definition) is 5. The van der Waals surface area contributed by atoms with Crippen LogP contribution in [0.25, 0.3) is 0 Å². The molecular formula is C24H28N2O5. The van der Waals surface area contributed by atoms with Crippen molar-refractivity contribution in [3.05, 3.63) is 65.7 Å². The fourth-order valence-corrected chi connectivity index (χ4v) is 4.30. The number of anilines is 1. The van der Waals surface area contributed by atoms with E-state index in [1.807, 2.05) is 68.4 Å². The lowest BCUT2D eigenvalue weighted by Gasteiger charge is -2.46. The highest BCUT2D eigenvalue weighted by atomic mass is 16.7. The monoisotopic (exact) mass is 424 g/mol. The average Bonchev–Trinajstić information content (AvgIpc) is 3.00. The molecule has 1 spiro atoms. The third-order valence-corrected chi connectivity index (χ3v) is 5.79. The molecule has 2 aliphatic heterocycles. The number of benzene rings is 2. The molecule has 0 atom stereocenters. The van der Waals surface area contributed by atoms with Gasteiger partial charge in [0.05, 0.1) is 6.54 Å². The van der Waals surface area contributed by atoms with Gasteiger partial charge in [-0.25, -0.2) is 4.79 Å². The van der Waals surface area contributed by atoms with Crippen molar-refractivity contribution in [1.29, 1.82) is 0 Å². The van der Waals surface area contributed by atoms with Crippen molar-refractivity contribution in [2.45, 2.75) is 32.2 Å². The van der Waals surface area contributed by atoms with Crippen LogP contribution < -0.4 is 4.90 Å². The van der Waals surface area contributed by atoms with E-state index in [1.165, 1.54) is 0 Å². The molecule has 0 N–H and O–H groups in total. The predicted molar refractivity (Wildman–Crippen MR) is 116 cm³/mol. The molecule has 2 amide bonds. The molecule has 164 valence electrons. The number of carbonyl (C=O) groups excluding carboxylic acids is 2. The summed E-state index contributed by atoms with van der Waals surface area (Å²) < 4.78 is 16.8. The fraction of sp³-hybridized carbons (Fsp3) is 0.417. The van der Waals surface area contributed by atoms with Gasteiger partial charge in [-0.3, -0.25) is 4.79 Å². The van der Waals surface area contributed by atoms with Crippen molar-refractivity contribution in [2.24, 2.45) is 0 Å². The quantitative estimate of drug-likeness (QED) is 0.608. The number of ether oxygens (including phenoxy) is 3. The second kappa shape index (κ2) is 9.08. The highest BCUT2D eigenvalue weighted by Gasteiger charge is 2.59. The summed E-state index contributed by atoms with van der Waals surface area (Å²) in [4.78, 5) is 29.3. The molecule has 2 aliphatic rings. The Balaban J connectivity index is 1.45. The zero-order valence-electron chi connectivity index (χ0n) is 18.0. The number of carbonyl (C=O) groups is 2. The van der Waals surface area contributed by atoms with Crippen LogP contribution in [0, 0.1) is 0 Å². The Morgan fingerprint density at radius 2 is 1.65 bits per heavy atom. The van der Waals surface area contributed by atoms with Gasteiger partial charge in [0.1, 0.15) is 12.0 Å². The van der Waals surface area contributed by atoms with Crippen LogP contribution in [0.4, 0.5) is 10.5 Å². The van der Waals surface area contributed by atoms with Gasteiger partial charge in [0, 0.05) is 32.0 Å². The minimum atomic E-state index is -0.731.